The molecule has 1 heterocycles. The molecule has 112 valence electrons. The van der Waals surface area contributed by atoms with E-state index in [1.165, 1.54) is 43.9 Å². The first-order chi connectivity index (χ1) is 9.70. The van der Waals surface area contributed by atoms with E-state index in [1.54, 1.807) is 0 Å². The normalized spacial score (nSPS) is 17.4. The summed E-state index contributed by atoms with van der Waals surface area (Å²) in [4.78, 5) is 5.07. The number of ether oxygens (including phenoxy) is 1. The van der Waals surface area contributed by atoms with Crippen LogP contribution in [0.4, 0.5) is 0 Å². The second-order valence-electron chi connectivity index (χ2n) is 5.70. The van der Waals surface area contributed by atoms with Crippen molar-refractivity contribution in [2.75, 3.05) is 45.9 Å². The van der Waals surface area contributed by atoms with Crippen LogP contribution in [0.1, 0.15) is 24.5 Å². The fourth-order valence-corrected chi connectivity index (χ4v) is 2.82. The van der Waals surface area contributed by atoms with Crippen LogP contribution in [-0.2, 0) is 0 Å². The maximum Gasteiger partial charge on any atom is 0.125 e. The number of aryl methyl sites for hydroxylation is 2. The molecular formula is C17H28N2O. The standard InChI is InChI=1S/C17H28N2O/c1-4-18-10-12-19(13-11-18)9-6-14-20-17-15(2)7-5-8-16(17)3/h5,7-8H,4,6,9-14H2,1-3H3. The van der Waals surface area contributed by atoms with Crippen molar-refractivity contribution in [1.29, 1.82) is 0 Å². The van der Waals surface area contributed by atoms with E-state index in [-0.39, 0.29) is 0 Å². The number of piperazine rings is 1. The van der Waals surface area contributed by atoms with Crippen LogP contribution in [0.2, 0.25) is 0 Å². The van der Waals surface area contributed by atoms with Gasteiger partial charge in [-0.3, -0.25) is 0 Å². The molecule has 1 aromatic carbocycles. The van der Waals surface area contributed by atoms with Gasteiger partial charge in [-0.1, -0.05) is 25.1 Å². The van der Waals surface area contributed by atoms with E-state index in [1.807, 2.05) is 0 Å². The minimum Gasteiger partial charge on any atom is -0.493 e. The summed E-state index contributed by atoms with van der Waals surface area (Å²) in [5, 5.41) is 0. The highest BCUT2D eigenvalue weighted by molar-refractivity contribution is 5.39. The van der Waals surface area contributed by atoms with Crippen molar-refractivity contribution in [2.24, 2.45) is 0 Å². The van der Waals surface area contributed by atoms with E-state index >= 15 is 0 Å². The summed E-state index contributed by atoms with van der Waals surface area (Å²) in [6.45, 7) is 14.5. The molecule has 20 heavy (non-hydrogen) atoms. The number of benzene rings is 1. The zero-order valence-electron chi connectivity index (χ0n) is 13.2. The summed E-state index contributed by atoms with van der Waals surface area (Å²) in [7, 11) is 0. The molecule has 1 aliphatic heterocycles. The lowest BCUT2D eigenvalue weighted by atomic mass is 10.1. The maximum atomic E-state index is 5.96. The molecule has 0 aliphatic carbocycles. The number of hydrogen-bond acceptors (Lipinski definition) is 3. The molecule has 0 bridgehead atoms. The van der Waals surface area contributed by atoms with Gasteiger partial charge in [0.1, 0.15) is 5.75 Å². The van der Waals surface area contributed by atoms with Crippen LogP contribution in [0.3, 0.4) is 0 Å². The van der Waals surface area contributed by atoms with Crippen LogP contribution in [-0.4, -0.2) is 55.7 Å². The first kappa shape index (κ1) is 15.3. The second kappa shape index (κ2) is 7.65. The summed E-state index contributed by atoms with van der Waals surface area (Å²) in [6, 6.07) is 6.32. The molecule has 0 amide bonds. The summed E-state index contributed by atoms with van der Waals surface area (Å²) >= 11 is 0. The minimum atomic E-state index is 0.819. The third kappa shape index (κ3) is 4.22. The average molecular weight is 276 g/mol. The summed E-state index contributed by atoms with van der Waals surface area (Å²) in [5.41, 5.74) is 2.48. The molecule has 0 spiro atoms. The van der Waals surface area contributed by atoms with E-state index < -0.39 is 0 Å². The lowest BCUT2D eigenvalue weighted by Crippen LogP contribution is -2.46. The average Bonchev–Trinajstić information content (AvgIpc) is 2.46. The predicted molar refractivity (Wildman–Crippen MR) is 84.6 cm³/mol. The van der Waals surface area contributed by atoms with Gasteiger partial charge < -0.3 is 14.5 Å². The first-order valence-electron chi connectivity index (χ1n) is 7.84. The third-order valence-corrected chi connectivity index (χ3v) is 4.19. The van der Waals surface area contributed by atoms with E-state index in [2.05, 4.69) is 48.8 Å². The lowest BCUT2D eigenvalue weighted by molar-refractivity contribution is 0.130. The van der Waals surface area contributed by atoms with Crippen molar-refractivity contribution >= 4 is 0 Å². The molecule has 0 aromatic heterocycles. The summed E-state index contributed by atoms with van der Waals surface area (Å²) in [6.07, 6.45) is 1.11. The lowest BCUT2D eigenvalue weighted by Gasteiger charge is -2.33. The van der Waals surface area contributed by atoms with E-state index in [0.717, 1.165) is 25.3 Å². The topological polar surface area (TPSA) is 15.7 Å². The predicted octanol–water partition coefficient (Wildman–Crippen LogP) is 2.71. The van der Waals surface area contributed by atoms with Crippen molar-refractivity contribution in [3.8, 4) is 5.75 Å². The van der Waals surface area contributed by atoms with Gasteiger partial charge in [-0.05, 0) is 37.9 Å². The fraction of sp³-hybridized carbons (Fsp3) is 0.647. The Balaban J connectivity index is 1.67. The number of hydrogen-bond donors (Lipinski definition) is 0. The Hall–Kier alpha value is -1.06. The molecule has 0 unspecified atom stereocenters. The Labute approximate surface area is 123 Å². The van der Waals surface area contributed by atoms with E-state index in [9.17, 15) is 0 Å². The van der Waals surface area contributed by atoms with Crippen LogP contribution < -0.4 is 4.74 Å². The molecule has 0 radical (unpaired) electrons. The van der Waals surface area contributed by atoms with Crippen molar-refractivity contribution in [1.82, 2.24) is 9.80 Å². The van der Waals surface area contributed by atoms with Gasteiger partial charge in [0.05, 0.1) is 6.61 Å². The third-order valence-electron chi connectivity index (χ3n) is 4.19. The molecule has 1 aromatic rings. The van der Waals surface area contributed by atoms with Crippen LogP contribution in [0.5, 0.6) is 5.75 Å². The largest absolute Gasteiger partial charge is 0.493 e. The van der Waals surface area contributed by atoms with Gasteiger partial charge in [-0.2, -0.15) is 0 Å². The molecule has 3 nitrogen and oxygen atoms in total. The smallest absolute Gasteiger partial charge is 0.125 e. The molecule has 3 heteroatoms. The number of likely N-dealkylation sites (N-methyl/N-ethyl adjacent to an activating group) is 1. The highest BCUT2D eigenvalue weighted by Crippen LogP contribution is 2.22. The molecule has 1 saturated heterocycles. The molecule has 1 aliphatic rings. The number of para-hydroxylation sites is 1. The van der Waals surface area contributed by atoms with Crippen molar-refractivity contribution in [3.05, 3.63) is 29.3 Å². The van der Waals surface area contributed by atoms with E-state index in [0.29, 0.717) is 0 Å². The second-order valence-corrected chi connectivity index (χ2v) is 5.70. The summed E-state index contributed by atoms with van der Waals surface area (Å²) in [5.74, 6) is 1.07. The van der Waals surface area contributed by atoms with Gasteiger partial charge in [0.2, 0.25) is 0 Å². The van der Waals surface area contributed by atoms with Crippen LogP contribution in [0.25, 0.3) is 0 Å². The van der Waals surface area contributed by atoms with Crippen molar-refractivity contribution in [2.45, 2.75) is 27.2 Å². The van der Waals surface area contributed by atoms with Gasteiger partial charge in [0.15, 0.2) is 0 Å². The fourth-order valence-electron chi connectivity index (χ4n) is 2.82. The Morgan fingerprint density at radius 3 is 2.20 bits per heavy atom. The van der Waals surface area contributed by atoms with Crippen LogP contribution in [0, 0.1) is 13.8 Å². The highest BCUT2D eigenvalue weighted by Gasteiger charge is 2.14. The summed E-state index contributed by atoms with van der Waals surface area (Å²) < 4.78 is 5.96. The number of rotatable bonds is 6. The zero-order valence-corrected chi connectivity index (χ0v) is 13.2. The van der Waals surface area contributed by atoms with Crippen LogP contribution in [0.15, 0.2) is 18.2 Å². The van der Waals surface area contributed by atoms with Crippen LogP contribution >= 0.6 is 0 Å². The quantitative estimate of drug-likeness (QED) is 0.743. The molecule has 2 rings (SSSR count). The first-order valence-corrected chi connectivity index (χ1v) is 7.84. The van der Waals surface area contributed by atoms with Crippen molar-refractivity contribution in [3.63, 3.8) is 0 Å². The van der Waals surface area contributed by atoms with Crippen molar-refractivity contribution < 1.29 is 4.74 Å². The monoisotopic (exact) mass is 276 g/mol. The maximum absolute atomic E-state index is 5.96. The van der Waals surface area contributed by atoms with Gasteiger partial charge >= 0.3 is 0 Å². The Morgan fingerprint density at radius 1 is 1.00 bits per heavy atom. The minimum absolute atomic E-state index is 0.819. The highest BCUT2D eigenvalue weighted by atomic mass is 16.5. The Morgan fingerprint density at radius 2 is 1.60 bits per heavy atom. The van der Waals surface area contributed by atoms with Gasteiger partial charge in [0.25, 0.3) is 0 Å². The SMILES string of the molecule is CCN1CCN(CCCOc2c(C)cccc2C)CC1. The van der Waals surface area contributed by atoms with Gasteiger partial charge in [-0.25, -0.2) is 0 Å². The Bertz CT molecular complexity index is 391. The zero-order chi connectivity index (χ0) is 14.4. The van der Waals surface area contributed by atoms with Gasteiger partial charge in [-0.15, -0.1) is 0 Å². The van der Waals surface area contributed by atoms with Gasteiger partial charge in [0, 0.05) is 32.7 Å². The molecule has 1 fully saturated rings. The molecule has 0 N–H and O–H groups in total. The molecule has 0 atom stereocenters. The van der Waals surface area contributed by atoms with E-state index in [4.69, 9.17) is 4.74 Å². The number of nitrogens with zero attached hydrogens (tertiary/aromatic N) is 2. The molecule has 0 saturated carbocycles. The molecular weight excluding hydrogens is 248 g/mol. The Kier molecular flexibility index (Phi) is 5.86.